The molecule has 0 saturated carbocycles. The number of pyridine rings is 1. The summed E-state index contributed by atoms with van der Waals surface area (Å²) < 4.78 is 0. The molecule has 0 aliphatic heterocycles. The summed E-state index contributed by atoms with van der Waals surface area (Å²) in [5.41, 5.74) is 0. The van der Waals surface area contributed by atoms with Gasteiger partial charge in [0.2, 0.25) is 0 Å². The van der Waals surface area contributed by atoms with Gasteiger partial charge in [-0.25, -0.2) is 4.98 Å². The normalized spacial score (nSPS) is 10.5. The van der Waals surface area contributed by atoms with Crippen molar-refractivity contribution in [2.45, 2.75) is 45.4 Å². The predicted octanol–water partition coefficient (Wildman–Crippen LogP) is 5.20. The van der Waals surface area contributed by atoms with Crippen LogP contribution >= 0.6 is 23.2 Å². The number of unbranched alkanes of at least 4 members (excludes halogenated alkanes) is 5. The lowest BCUT2D eigenvalue weighted by Crippen LogP contribution is -2.05. The van der Waals surface area contributed by atoms with Gasteiger partial charge in [-0.1, -0.05) is 62.2 Å². The summed E-state index contributed by atoms with van der Waals surface area (Å²) in [6.45, 7) is 3.12. The number of hydrogen-bond acceptors (Lipinski definition) is 3. The van der Waals surface area contributed by atoms with Crippen molar-refractivity contribution in [1.82, 2.24) is 4.98 Å². The van der Waals surface area contributed by atoms with Crippen LogP contribution < -0.4 is 10.6 Å². The molecule has 1 aromatic rings. The standard InChI is InChI=1S/C14H23Cl2N3/c1-3-4-5-6-7-8-9-18-14-12(16)10-11(15)13(17-2)19-14/h10H,3-9H2,1-2H3,(H2,17,18,19). The van der Waals surface area contributed by atoms with E-state index in [0.29, 0.717) is 21.7 Å². The third kappa shape index (κ3) is 5.87. The first-order valence-electron chi connectivity index (χ1n) is 6.96. The van der Waals surface area contributed by atoms with Crippen molar-refractivity contribution >= 4 is 34.8 Å². The van der Waals surface area contributed by atoms with Crippen LogP contribution in [0.5, 0.6) is 0 Å². The fourth-order valence-corrected chi connectivity index (χ4v) is 2.40. The second-order valence-corrected chi connectivity index (χ2v) is 5.41. The Morgan fingerprint density at radius 2 is 1.63 bits per heavy atom. The smallest absolute Gasteiger partial charge is 0.147 e. The van der Waals surface area contributed by atoms with E-state index in [-0.39, 0.29) is 0 Å². The van der Waals surface area contributed by atoms with E-state index in [0.717, 1.165) is 13.0 Å². The lowest BCUT2D eigenvalue weighted by molar-refractivity contribution is 0.617. The van der Waals surface area contributed by atoms with E-state index in [1.54, 1.807) is 13.1 Å². The van der Waals surface area contributed by atoms with E-state index < -0.39 is 0 Å². The van der Waals surface area contributed by atoms with Crippen molar-refractivity contribution in [3.8, 4) is 0 Å². The van der Waals surface area contributed by atoms with Crippen LogP contribution in [0.15, 0.2) is 6.07 Å². The molecular weight excluding hydrogens is 281 g/mol. The number of halogens is 2. The highest BCUT2D eigenvalue weighted by Gasteiger charge is 2.07. The number of rotatable bonds is 9. The van der Waals surface area contributed by atoms with Gasteiger partial charge >= 0.3 is 0 Å². The Hall–Kier alpha value is -0.670. The average molecular weight is 304 g/mol. The van der Waals surface area contributed by atoms with E-state index in [4.69, 9.17) is 23.2 Å². The molecule has 1 heterocycles. The van der Waals surface area contributed by atoms with Crippen LogP contribution in [0.4, 0.5) is 11.6 Å². The zero-order valence-electron chi connectivity index (χ0n) is 11.7. The zero-order chi connectivity index (χ0) is 14.1. The van der Waals surface area contributed by atoms with Crippen molar-refractivity contribution in [3.63, 3.8) is 0 Å². The number of anilines is 2. The molecule has 108 valence electrons. The second-order valence-electron chi connectivity index (χ2n) is 4.59. The minimum atomic E-state index is 0.539. The second kappa shape index (κ2) is 9.27. The molecule has 0 saturated heterocycles. The third-order valence-corrected chi connectivity index (χ3v) is 3.57. The van der Waals surface area contributed by atoms with Gasteiger partial charge in [0.25, 0.3) is 0 Å². The Kier molecular flexibility index (Phi) is 7.99. The van der Waals surface area contributed by atoms with Crippen LogP contribution in [0.25, 0.3) is 0 Å². The summed E-state index contributed by atoms with van der Waals surface area (Å²) in [5.74, 6) is 1.35. The number of nitrogens with one attached hydrogen (secondary N) is 2. The molecule has 0 fully saturated rings. The van der Waals surface area contributed by atoms with Crippen molar-refractivity contribution in [2.75, 3.05) is 24.2 Å². The lowest BCUT2D eigenvalue weighted by atomic mass is 10.1. The van der Waals surface area contributed by atoms with Crippen molar-refractivity contribution in [3.05, 3.63) is 16.1 Å². The van der Waals surface area contributed by atoms with Gasteiger partial charge in [-0.3, -0.25) is 0 Å². The molecule has 3 nitrogen and oxygen atoms in total. The van der Waals surface area contributed by atoms with Crippen LogP contribution in [0.2, 0.25) is 10.0 Å². The molecule has 0 spiro atoms. The van der Waals surface area contributed by atoms with Crippen LogP contribution in [-0.2, 0) is 0 Å². The molecule has 0 unspecified atom stereocenters. The quantitative estimate of drug-likeness (QED) is 0.615. The Bertz CT molecular complexity index is 383. The van der Waals surface area contributed by atoms with Crippen molar-refractivity contribution in [2.24, 2.45) is 0 Å². The Balaban J connectivity index is 2.33. The summed E-state index contributed by atoms with van der Waals surface area (Å²) in [4.78, 5) is 4.35. The highest BCUT2D eigenvalue weighted by atomic mass is 35.5. The third-order valence-electron chi connectivity index (χ3n) is 2.99. The molecular formula is C14H23Cl2N3. The molecule has 0 aromatic carbocycles. The monoisotopic (exact) mass is 303 g/mol. The molecule has 0 bridgehead atoms. The molecule has 1 aromatic heterocycles. The van der Waals surface area contributed by atoms with Crippen molar-refractivity contribution in [1.29, 1.82) is 0 Å². The molecule has 0 radical (unpaired) electrons. The first kappa shape index (κ1) is 16.4. The number of nitrogens with zero attached hydrogens (tertiary/aromatic N) is 1. The highest BCUT2D eigenvalue weighted by Crippen LogP contribution is 2.28. The van der Waals surface area contributed by atoms with Gasteiger partial charge in [0.15, 0.2) is 0 Å². The minimum Gasteiger partial charge on any atom is -0.372 e. The molecule has 0 amide bonds. The highest BCUT2D eigenvalue weighted by molar-refractivity contribution is 6.37. The summed E-state index contributed by atoms with van der Waals surface area (Å²) in [6, 6.07) is 1.71. The van der Waals surface area contributed by atoms with E-state index >= 15 is 0 Å². The fourth-order valence-electron chi connectivity index (χ4n) is 1.88. The molecule has 1 rings (SSSR count). The maximum absolute atomic E-state index is 6.10. The molecule has 5 heteroatoms. The molecule has 0 atom stereocenters. The van der Waals surface area contributed by atoms with Gasteiger partial charge in [0, 0.05) is 13.6 Å². The summed E-state index contributed by atoms with van der Waals surface area (Å²) >= 11 is 12.1. The topological polar surface area (TPSA) is 37.0 Å². The maximum atomic E-state index is 6.10. The van der Waals surface area contributed by atoms with Crippen LogP contribution in [0.3, 0.4) is 0 Å². The summed E-state index contributed by atoms with van der Waals surface area (Å²) in [5, 5.41) is 7.31. The fraction of sp³-hybridized carbons (Fsp3) is 0.643. The van der Waals surface area contributed by atoms with Gasteiger partial charge in [0.05, 0.1) is 10.0 Å². The largest absolute Gasteiger partial charge is 0.372 e. The van der Waals surface area contributed by atoms with E-state index in [1.165, 1.54) is 32.1 Å². The lowest BCUT2D eigenvalue weighted by Gasteiger charge is -2.10. The van der Waals surface area contributed by atoms with Crippen LogP contribution in [0, 0.1) is 0 Å². The molecule has 0 aliphatic carbocycles. The maximum Gasteiger partial charge on any atom is 0.147 e. The van der Waals surface area contributed by atoms with Gasteiger partial charge in [-0.15, -0.1) is 0 Å². The minimum absolute atomic E-state index is 0.539. The Labute approximate surface area is 126 Å². The SMILES string of the molecule is CCCCCCCCNc1nc(NC)c(Cl)cc1Cl. The van der Waals surface area contributed by atoms with Gasteiger partial charge in [-0.05, 0) is 12.5 Å². The summed E-state index contributed by atoms with van der Waals surface area (Å²) in [7, 11) is 1.79. The number of hydrogen-bond donors (Lipinski definition) is 2. The Morgan fingerprint density at radius 3 is 2.32 bits per heavy atom. The van der Waals surface area contributed by atoms with Crippen LogP contribution in [-0.4, -0.2) is 18.6 Å². The van der Waals surface area contributed by atoms with Crippen LogP contribution in [0.1, 0.15) is 45.4 Å². The van der Waals surface area contributed by atoms with Crippen molar-refractivity contribution < 1.29 is 0 Å². The Morgan fingerprint density at radius 1 is 1.00 bits per heavy atom. The predicted molar refractivity (Wildman–Crippen MR) is 85.7 cm³/mol. The number of aromatic nitrogens is 1. The molecule has 0 aliphatic rings. The van der Waals surface area contributed by atoms with Gasteiger partial charge < -0.3 is 10.6 Å². The van der Waals surface area contributed by atoms with Gasteiger partial charge in [0.1, 0.15) is 11.6 Å². The van der Waals surface area contributed by atoms with Gasteiger partial charge in [-0.2, -0.15) is 0 Å². The summed E-state index contributed by atoms with van der Waals surface area (Å²) in [6.07, 6.45) is 7.65. The first-order chi connectivity index (χ1) is 9.19. The molecule has 19 heavy (non-hydrogen) atoms. The van der Waals surface area contributed by atoms with E-state index in [1.807, 2.05) is 0 Å². The first-order valence-corrected chi connectivity index (χ1v) is 7.72. The van der Waals surface area contributed by atoms with E-state index in [2.05, 4.69) is 22.5 Å². The zero-order valence-corrected chi connectivity index (χ0v) is 13.2. The molecule has 2 N–H and O–H groups in total. The average Bonchev–Trinajstić information content (AvgIpc) is 2.40. The van der Waals surface area contributed by atoms with E-state index in [9.17, 15) is 0 Å².